The van der Waals surface area contributed by atoms with Crippen molar-refractivity contribution in [1.29, 1.82) is 0 Å². The fraction of sp³-hybridized carbons (Fsp3) is 0.158. The number of carbonyl (C=O) groups excluding carboxylic acids is 1. The molecule has 6 nitrogen and oxygen atoms in total. The molecular weight excluding hydrogens is 350 g/mol. The molecule has 0 spiro atoms. The molecule has 0 bridgehead atoms. The maximum absolute atomic E-state index is 12.7. The fourth-order valence-electron chi connectivity index (χ4n) is 2.93. The zero-order valence-electron chi connectivity index (χ0n) is 14.1. The van der Waals surface area contributed by atoms with Crippen molar-refractivity contribution in [2.75, 3.05) is 12.4 Å². The summed E-state index contributed by atoms with van der Waals surface area (Å²) in [6.45, 7) is 0. The van der Waals surface area contributed by atoms with Crippen LogP contribution >= 0.6 is 0 Å². The lowest BCUT2D eigenvalue weighted by molar-refractivity contribution is 0.102. The predicted molar refractivity (Wildman–Crippen MR) is 100 cm³/mol. The van der Waals surface area contributed by atoms with Gasteiger partial charge in [0.2, 0.25) is 0 Å². The Labute approximate surface area is 153 Å². The highest BCUT2D eigenvalue weighted by molar-refractivity contribution is 7.83. The molecule has 0 radical (unpaired) electrons. The Kier molecular flexibility index (Phi) is 4.30. The number of carbonyl (C=O) groups is 1. The maximum atomic E-state index is 12.7. The Hall–Kier alpha value is -2.93. The van der Waals surface area contributed by atoms with E-state index in [1.54, 1.807) is 36.1 Å². The third kappa shape index (κ3) is 3.01. The second-order valence-corrected chi connectivity index (χ2v) is 7.39. The molecule has 0 saturated heterocycles. The van der Waals surface area contributed by atoms with Gasteiger partial charge in [-0.3, -0.25) is 9.00 Å². The molecule has 1 atom stereocenters. The average molecular weight is 367 g/mol. The smallest absolute Gasteiger partial charge is 0.256 e. The lowest BCUT2D eigenvalue weighted by Gasteiger charge is -2.11. The summed E-state index contributed by atoms with van der Waals surface area (Å²) >= 11 is 0. The van der Waals surface area contributed by atoms with E-state index in [2.05, 4.69) is 10.4 Å². The molecular formula is C19H17N3O3S. The van der Waals surface area contributed by atoms with Crippen molar-refractivity contribution in [2.24, 2.45) is 0 Å². The molecule has 2 aromatic carbocycles. The van der Waals surface area contributed by atoms with Crippen molar-refractivity contribution in [1.82, 2.24) is 9.78 Å². The van der Waals surface area contributed by atoms with E-state index in [9.17, 15) is 9.00 Å². The van der Waals surface area contributed by atoms with E-state index in [4.69, 9.17) is 4.74 Å². The number of para-hydroxylation sites is 1. The normalized spacial score (nSPS) is 15.5. The molecule has 1 aliphatic rings. The van der Waals surface area contributed by atoms with Crippen LogP contribution in [0.15, 0.2) is 54.6 Å². The second-order valence-electron chi connectivity index (χ2n) is 5.93. The number of methoxy groups -OCH3 is 1. The number of nitrogens with one attached hydrogen (secondary N) is 1. The highest BCUT2D eigenvalue weighted by Gasteiger charge is 2.28. The average Bonchev–Trinajstić information content (AvgIpc) is 3.19. The Bertz CT molecular complexity index is 981. The Balaban J connectivity index is 1.70. The van der Waals surface area contributed by atoms with Gasteiger partial charge in [-0.2, -0.15) is 5.10 Å². The van der Waals surface area contributed by atoms with Gasteiger partial charge in [-0.15, -0.1) is 0 Å². The summed E-state index contributed by atoms with van der Waals surface area (Å²) in [4.78, 5) is 12.7. The van der Waals surface area contributed by atoms with Crippen LogP contribution in [-0.4, -0.2) is 27.0 Å². The quantitative estimate of drug-likeness (QED) is 0.770. The third-order valence-corrected chi connectivity index (χ3v) is 5.46. The van der Waals surface area contributed by atoms with Crippen LogP contribution in [0, 0.1) is 0 Å². The van der Waals surface area contributed by atoms with E-state index in [0.717, 1.165) is 16.9 Å². The Morgan fingerprint density at radius 2 is 1.85 bits per heavy atom. The highest BCUT2D eigenvalue weighted by Crippen LogP contribution is 2.31. The van der Waals surface area contributed by atoms with Crippen LogP contribution < -0.4 is 10.1 Å². The summed E-state index contributed by atoms with van der Waals surface area (Å²) in [5.41, 5.74) is 2.98. The number of hydrogen-bond acceptors (Lipinski definition) is 4. The number of fused-ring (bicyclic) bond motifs is 1. The minimum atomic E-state index is -0.970. The van der Waals surface area contributed by atoms with Crippen LogP contribution in [0.25, 0.3) is 5.69 Å². The first-order valence-electron chi connectivity index (χ1n) is 8.12. The van der Waals surface area contributed by atoms with Gasteiger partial charge in [0.05, 0.1) is 30.0 Å². The Morgan fingerprint density at radius 1 is 1.12 bits per heavy atom. The number of ether oxygens (including phenoxy) is 1. The van der Waals surface area contributed by atoms with E-state index in [0.29, 0.717) is 28.6 Å². The minimum Gasteiger partial charge on any atom is -0.497 e. The van der Waals surface area contributed by atoms with E-state index < -0.39 is 10.8 Å². The van der Waals surface area contributed by atoms with Crippen LogP contribution in [0.5, 0.6) is 5.75 Å². The van der Waals surface area contributed by atoms with Crippen LogP contribution in [0.3, 0.4) is 0 Å². The molecule has 1 N–H and O–H groups in total. The van der Waals surface area contributed by atoms with Crippen LogP contribution in [0.1, 0.15) is 21.6 Å². The van der Waals surface area contributed by atoms with Crippen molar-refractivity contribution in [2.45, 2.75) is 11.5 Å². The van der Waals surface area contributed by atoms with Gasteiger partial charge in [-0.1, -0.05) is 18.2 Å². The van der Waals surface area contributed by atoms with Gasteiger partial charge >= 0.3 is 0 Å². The van der Waals surface area contributed by atoms with Crippen LogP contribution in [0.4, 0.5) is 5.82 Å². The van der Waals surface area contributed by atoms with Gasteiger partial charge in [-0.05, 0) is 36.4 Å². The molecule has 1 aliphatic heterocycles. The first kappa shape index (κ1) is 16.5. The van der Waals surface area contributed by atoms with E-state index in [1.165, 1.54) is 0 Å². The van der Waals surface area contributed by atoms with Crippen LogP contribution in [-0.2, 0) is 22.3 Å². The fourth-order valence-corrected chi connectivity index (χ4v) is 4.20. The van der Waals surface area contributed by atoms with Gasteiger partial charge in [-0.25, -0.2) is 4.68 Å². The van der Waals surface area contributed by atoms with Crippen molar-refractivity contribution in [3.63, 3.8) is 0 Å². The topological polar surface area (TPSA) is 73.2 Å². The van der Waals surface area contributed by atoms with Crippen molar-refractivity contribution >= 4 is 22.5 Å². The van der Waals surface area contributed by atoms with E-state index in [-0.39, 0.29) is 5.91 Å². The molecule has 3 aromatic rings. The zero-order chi connectivity index (χ0) is 18.1. The molecule has 1 aromatic heterocycles. The molecule has 0 fully saturated rings. The molecule has 132 valence electrons. The molecule has 2 heterocycles. The SMILES string of the molecule is COc1ccc(C(=O)Nc2c3c(nn2-c2ccccc2)CS(=O)C3)cc1. The molecule has 0 aliphatic carbocycles. The van der Waals surface area contributed by atoms with E-state index >= 15 is 0 Å². The van der Waals surface area contributed by atoms with Gasteiger partial charge < -0.3 is 10.1 Å². The second kappa shape index (κ2) is 6.76. The molecule has 4 rings (SSSR count). The monoisotopic (exact) mass is 367 g/mol. The molecule has 1 unspecified atom stereocenters. The maximum Gasteiger partial charge on any atom is 0.256 e. The number of nitrogens with zero attached hydrogens (tertiary/aromatic N) is 2. The largest absolute Gasteiger partial charge is 0.497 e. The summed E-state index contributed by atoms with van der Waals surface area (Å²) < 4.78 is 18.8. The summed E-state index contributed by atoms with van der Waals surface area (Å²) in [6, 6.07) is 16.5. The summed E-state index contributed by atoms with van der Waals surface area (Å²) in [6.07, 6.45) is 0. The lowest BCUT2D eigenvalue weighted by atomic mass is 10.2. The third-order valence-electron chi connectivity index (χ3n) is 4.25. The number of amides is 1. The van der Waals surface area contributed by atoms with Crippen molar-refractivity contribution in [3.05, 3.63) is 71.4 Å². The molecule has 26 heavy (non-hydrogen) atoms. The van der Waals surface area contributed by atoms with E-state index in [1.807, 2.05) is 30.3 Å². The number of anilines is 1. The molecule has 7 heteroatoms. The molecule has 1 amide bonds. The summed E-state index contributed by atoms with van der Waals surface area (Å²) in [5, 5.41) is 7.52. The predicted octanol–water partition coefficient (Wildman–Crippen LogP) is 2.90. The Morgan fingerprint density at radius 3 is 2.54 bits per heavy atom. The zero-order valence-corrected chi connectivity index (χ0v) is 15.0. The number of aromatic nitrogens is 2. The molecule has 0 saturated carbocycles. The number of hydrogen-bond donors (Lipinski definition) is 1. The number of benzene rings is 2. The van der Waals surface area contributed by atoms with Crippen molar-refractivity contribution in [3.8, 4) is 11.4 Å². The summed E-state index contributed by atoms with van der Waals surface area (Å²) in [7, 11) is 0.610. The van der Waals surface area contributed by atoms with Gasteiger partial charge in [0.25, 0.3) is 5.91 Å². The van der Waals surface area contributed by atoms with Gasteiger partial charge in [0.1, 0.15) is 11.6 Å². The first-order chi connectivity index (χ1) is 12.7. The number of rotatable bonds is 4. The van der Waals surface area contributed by atoms with Crippen molar-refractivity contribution < 1.29 is 13.7 Å². The first-order valence-corrected chi connectivity index (χ1v) is 9.61. The van der Waals surface area contributed by atoms with Gasteiger partial charge in [0, 0.05) is 21.9 Å². The highest BCUT2D eigenvalue weighted by atomic mass is 32.2. The van der Waals surface area contributed by atoms with Crippen LogP contribution in [0.2, 0.25) is 0 Å². The minimum absolute atomic E-state index is 0.245. The summed E-state index contributed by atoms with van der Waals surface area (Å²) in [5.74, 6) is 1.84. The standard InChI is InChI=1S/C19H17N3O3S/c1-25-15-9-7-13(8-10-15)19(23)20-18-16-11-26(24)12-17(16)21-22(18)14-5-3-2-4-6-14/h2-10H,11-12H2,1H3,(H,20,23). The van der Waals surface area contributed by atoms with Gasteiger partial charge in [0.15, 0.2) is 0 Å². The lowest BCUT2D eigenvalue weighted by Crippen LogP contribution is -2.16.